The Hall–Kier alpha value is -2.37. The molecule has 19 heavy (non-hydrogen) atoms. The number of carboxylic acid groups (broad SMARTS) is 1. The Balaban J connectivity index is 2.90. The number of benzene rings is 1. The summed E-state index contributed by atoms with van der Waals surface area (Å²) in [5, 5.41) is 11.4. The fourth-order valence-corrected chi connectivity index (χ4v) is 1.49. The van der Waals surface area contributed by atoms with Crippen LogP contribution in [0.2, 0.25) is 0 Å². The predicted molar refractivity (Wildman–Crippen MR) is 69.8 cm³/mol. The number of carbonyl (C=O) groups excluding carboxylic acids is 1. The third-order valence-corrected chi connectivity index (χ3v) is 2.31. The molecule has 0 bridgehead atoms. The quantitative estimate of drug-likeness (QED) is 0.823. The topological polar surface area (TPSA) is 69.6 Å². The molecule has 0 atom stereocenters. The molecule has 0 spiro atoms. The first-order valence-electron chi connectivity index (χ1n) is 5.50. The van der Waals surface area contributed by atoms with Crippen LogP contribution in [0.3, 0.4) is 0 Å². The Labute approximate surface area is 110 Å². The zero-order valence-corrected chi connectivity index (χ0v) is 10.7. The Kier molecular flexibility index (Phi) is 4.63. The molecule has 1 aromatic rings. The van der Waals surface area contributed by atoms with E-state index in [0.717, 1.165) is 17.7 Å². The highest BCUT2D eigenvalue weighted by Crippen LogP contribution is 2.17. The van der Waals surface area contributed by atoms with Gasteiger partial charge in [-0.1, -0.05) is 12.2 Å². The summed E-state index contributed by atoms with van der Waals surface area (Å²) in [5.41, 5.74) is 0.541. The van der Waals surface area contributed by atoms with Gasteiger partial charge in [-0.25, -0.2) is 14.0 Å². The van der Waals surface area contributed by atoms with Crippen LogP contribution in [0.25, 0.3) is 0 Å². The van der Waals surface area contributed by atoms with E-state index in [1.54, 1.807) is 14.0 Å². The van der Waals surface area contributed by atoms with Gasteiger partial charge in [0.1, 0.15) is 5.82 Å². The van der Waals surface area contributed by atoms with Gasteiger partial charge < -0.3 is 15.3 Å². The maximum Gasteiger partial charge on any atom is 0.337 e. The van der Waals surface area contributed by atoms with Gasteiger partial charge >= 0.3 is 12.0 Å². The normalized spacial score (nSPS) is 9.84. The summed E-state index contributed by atoms with van der Waals surface area (Å²) >= 11 is 0. The van der Waals surface area contributed by atoms with Crippen LogP contribution in [0.15, 0.2) is 30.4 Å². The van der Waals surface area contributed by atoms with Crippen molar-refractivity contribution >= 4 is 17.7 Å². The zero-order valence-electron chi connectivity index (χ0n) is 10.7. The molecule has 5 nitrogen and oxygen atoms in total. The molecule has 6 heteroatoms. The maximum atomic E-state index is 13.0. The molecule has 0 saturated heterocycles. The Morgan fingerprint density at radius 2 is 2.11 bits per heavy atom. The zero-order chi connectivity index (χ0) is 14.6. The number of rotatable bonds is 4. The molecule has 1 aromatic carbocycles. The van der Waals surface area contributed by atoms with E-state index < -0.39 is 17.8 Å². The average molecular weight is 266 g/mol. The summed E-state index contributed by atoms with van der Waals surface area (Å²) in [7, 11) is 1.55. The number of halogens is 1. The Morgan fingerprint density at radius 1 is 1.47 bits per heavy atom. The molecule has 0 saturated carbocycles. The molecule has 0 aliphatic heterocycles. The number of hydrogen-bond acceptors (Lipinski definition) is 2. The highest BCUT2D eigenvalue weighted by molar-refractivity contribution is 5.99. The monoisotopic (exact) mass is 266 g/mol. The molecule has 0 unspecified atom stereocenters. The fourth-order valence-electron chi connectivity index (χ4n) is 1.49. The number of aromatic carboxylic acids is 1. The number of carboxylic acids is 1. The van der Waals surface area contributed by atoms with Crippen molar-refractivity contribution in [2.24, 2.45) is 0 Å². The molecular weight excluding hydrogens is 251 g/mol. The average Bonchev–Trinajstić information content (AvgIpc) is 2.30. The van der Waals surface area contributed by atoms with Crippen molar-refractivity contribution < 1.29 is 19.1 Å². The molecule has 2 amide bonds. The second-order valence-electron chi connectivity index (χ2n) is 4.24. The summed E-state index contributed by atoms with van der Waals surface area (Å²) in [5.74, 6) is -1.98. The second kappa shape index (κ2) is 5.99. The lowest BCUT2D eigenvalue weighted by Crippen LogP contribution is -2.33. The van der Waals surface area contributed by atoms with Gasteiger partial charge in [-0.2, -0.15) is 0 Å². The summed E-state index contributed by atoms with van der Waals surface area (Å²) in [6, 6.07) is 2.67. The minimum Gasteiger partial charge on any atom is -0.478 e. The van der Waals surface area contributed by atoms with Crippen LogP contribution in [0, 0.1) is 5.82 Å². The van der Waals surface area contributed by atoms with Crippen LogP contribution < -0.4 is 5.32 Å². The summed E-state index contributed by atoms with van der Waals surface area (Å²) in [6.45, 7) is 5.79. The van der Waals surface area contributed by atoms with Crippen LogP contribution in [0.5, 0.6) is 0 Å². The molecule has 1 rings (SSSR count). The first kappa shape index (κ1) is 14.7. The van der Waals surface area contributed by atoms with Crippen LogP contribution in [0.1, 0.15) is 17.3 Å². The number of urea groups is 1. The largest absolute Gasteiger partial charge is 0.478 e. The molecule has 0 aliphatic carbocycles. The molecule has 2 N–H and O–H groups in total. The van der Waals surface area contributed by atoms with Crippen LogP contribution in [0.4, 0.5) is 14.9 Å². The number of hydrogen-bond donors (Lipinski definition) is 2. The van der Waals surface area contributed by atoms with E-state index in [1.807, 2.05) is 0 Å². The third kappa shape index (κ3) is 4.09. The highest BCUT2D eigenvalue weighted by atomic mass is 19.1. The Morgan fingerprint density at radius 3 is 2.63 bits per heavy atom. The van der Waals surface area contributed by atoms with Gasteiger partial charge in [0.25, 0.3) is 0 Å². The van der Waals surface area contributed by atoms with Gasteiger partial charge in [-0.15, -0.1) is 0 Å². The number of nitrogens with one attached hydrogen (secondary N) is 1. The van der Waals surface area contributed by atoms with Gasteiger partial charge in [0.15, 0.2) is 0 Å². The molecule has 0 heterocycles. The predicted octanol–water partition coefficient (Wildman–Crippen LogP) is 2.56. The number of amides is 2. The van der Waals surface area contributed by atoms with E-state index in [2.05, 4.69) is 11.9 Å². The van der Waals surface area contributed by atoms with Gasteiger partial charge in [0.05, 0.1) is 11.3 Å². The van der Waals surface area contributed by atoms with Crippen molar-refractivity contribution in [1.29, 1.82) is 0 Å². The van der Waals surface area contributed by atoms with E-state index in [9.17, 15) is 14.0 Å². The van der Waals surface area contributed by atoms with E-state index in [4.69, 9.17) is 5.11 Å². The maximum absolute atomic E-state index is 13.0. The van der Waals surface area contributed by atoms with Crippen molar-refractivity contribution in [3.05, 3.63) is 41.7 Å². The number of carbonyl (C=O) groups is 2. The van der Waals surface area contributed by atoms with Crippen LogP contribution in [-0.2, 0) is 0 Å². The van der Waals surface area contributed by atoms with Gasteiger partial charge in [-0.05, 0) is 25.1 Å². The number of likely N-dealkylation sites (N-methyl/N-ethyl adjacent to an activating group) is 1. The lowest BCUT2D eigenvalue weighted by molar-refractivity contribution is 0.0697. The van der Waals surface area contributed by atoms with Gasteiger partial charge in [-0.3, -0.25) is 0 Å². The summed E-state index contributed by atoms with van der Waals surface area (Å²) < 4.78 is 13.0. The van der Waals surface area contributed by atoms with E-state index in [1.165, 1.54) is 11.0 Å². The number of anilines is 1. The first-order chi connectivity index (χ1) is 8.81. The lowest BCUT2D eigenvalue weighted by Gasteiger charge is -2.18. The van der Waals surface area contributed by atoms with Crippen LogP contribution >= 0.6 is 0 Å². The fraction of sp³-hybridized carbons (Fsp3) is 0.231. The van der Waals surface area contributed by atoms with Crippen molar-refractivity contribution in [2.75, 3.05) is 18.9 Å². The summed E-state index contributed by atoms with van der Waals surface area (Å²) in [6.07, 6.45) is 0. The second-order valence-corrected chi connectivity index (χ2v) is 4.24. The molecular formula is C13H15FN2O3. The molecule has 102 valence electrons. The van der Waals surface area contributed by atoms with Gasteiger partial charge in [0, 0.05) is 13.6 Å². The van der Waals surface area contributed by atoms with Crippen molar-refractivity contribution in [1.82, 2.24) is 4.90 Å². The first-order valence-corrected chi connectivity index (χ1v) is 5.50. The Bertz CT molecular complexity index is 529. The van der Waals surface area contributed by atoms with E-state index in [0.29, 0.717) is 6.54 Å². The lowest BCUT2D eigenvalue weighted by atomic mass is 10.1. The van der Waals surface area contributed by atoms with Crippen molar-refractivity contribution in [3.8, 4) is 0 Å². The van der Waals surface area contributed by atoms with Crippen molar-refractivity contribution in [3.63, 3.8) is 0 Å². The molecule has 0 radical (unpaired) electrons. The minimum atomic E-state index is -1.31. The summed E-state index contributed by atoms with van der Waals surface area (Å²) in [4.78, 5) is 24.1. The van der Waals surface area contributed by atoms with Crippen molar-refractivity contribution in [2.45, 2.75) is 6.92 Å². The molecule has 0 fully saturated rings. The standard InChI is InChI=1S/C13H15FN2O3/c1-8(2)7-16(3)13(19)15-11-5-4-9(14)6-10(11)12(17)18/h4-6H,1,7H2,2-3H3,(H,15,19)(H,17,18). The van der Waals surface area contributed by atoms with E-state index >= 15 is 0 Å². The van der Waals surface area contributed by atoms with Gasteiger partial charge in [0.2, 0.25) is 0 Å². The highest BCUT2D eigenvalue weighted by Gasteiger charge is 2.15. The molecule has 0 aliphatic rings. The third-order valence-electron chi connectivity index (χ3n) is 2.31. The smallest absolute Gasteiger partial charge is 0.337 e. The SMILES string of the molecule is C=C(C)CN(C)C(=O)Nc1ccc(F)cc1C(=O)O. The number of nitrogens with zero attached hydrogens (tertiary/aromatic N) is 1. The van der Waals surface area contributed by atoms with E-state index in [-0.39, 0.29) is 11.3 Å². The van der Waals surface area contributed by atoms with Crippen LogP contribution in [-0.4, -0.2) is 35.6 Å². The molecule has 0 aromatic heterocycles. The minimum absolute atomic E-state index is 0.0486.